The van der Waals surface area contributed by atoms with E-state index in [0.717, 1.165) is 18.9 Å². The van der Waals surface area contributed by atoms with Gasteiger partial charge in [-0.05, 0) is 36.6 Å². The number of nitrogens with zero attached hydrogens (tertiary/aromatic N) is 1. The Morgan fingerprint density at radius 2 is 2.25 bits per heavy atom. The van der Waals surface area contributed by atoms with Crippen LogP contribution in [0.2, 0.25) is 0 Å². The van der Waals surface area contributed by atoms with Crippen molar-refractivity contribution in [3.8, 4) is 0 Å². The molecular weight excluding hydrogens is 242 g/mol. The summed E-state index contributed by atoms with van der Waals surface area (Å²) in [5, 5.41) is 8.09. The normalized spacial score (nSPS) is 19.6. The Kier molecular flexibility index (Phi) is 3.63. The van der Waals surface area contributed by atoms with Crippen molar-refractivity contribution in [2.75, 3.05) is 18.4 Å². The maximum absolute atomic E-state index is 4.46. The highest BCUT2D eigenvalue weighted by Crippen LogP contribution is 2.27. The molecule has 3 rings (SSSR count). The second kappa shape index (κ2) is 4.99. The SMILES string of the molecule is Cl.c1ccc2c(N[C@H]3CCNC3)nsc2c1. The standard InChI is InChI=1S/C11H13N3S.ClH/c1-2-4-10-9(3-1)11(14-15-10)13-8-5-6-12-7-8;/h1-4,8,12H,5-7H2,(H,13,14);1H/t8-;/m0./s1. The molecule has 1 aromatic heterocycles. The molecule has 0 unspecified atom stereocenters. The van der Waals surface area contributed by atoms with Crippen molar-refractivity contribution in [3.05, 3.63) is 24.3 Å². The van der Waals surface area contributed by atoms with Gasteiger partial charge in [0.2, 0.25) is 0 Å². The molecule has 2 heterocycles. The summed E-state index contributed by atoms with van der Waals surface area (Å²) < 4.78 is 5.72. The van der Waals surface area contributed by atoms with Crippen LogP contribution in [0.5, 0.6) is 0 Å². The summed E-state index contributed by atoms with van der Waals surface area (Å²) in [6.07, 6.45) is 1.19. The molecule has 1 fully saturated rings. The Labute approximate surface area is 105 Å². The zero-order chi connectivity index (χ0) is 10.1. The van der Waals surface area contributed by atoms with E-state index in [0.29, 0.717) is 6.04 Å². The maximum atomic E-state index is 4.46. The Balaban J connectivity index is 0.000000963. The van der Waals surface area contributed by atoms with Crippen LogP contribution >= 0.6 is 23.9 Å². The van der Waals surface area contributed by atoms with Crippen LogP contribution in [0, 0.1) is 0 Å². The van der Waals surface area contributed by atoms with Gasteiger partial charge in [0, 0.05) is 18.0 Å². The number of benzene rings is 1. The fourth-order valence-electron chi connectivity index (χ4n) is 1.96. The molecule has 1 aromatic carbocycles. The minimum absolute atomic E-state index is 0. The molecule has 1 aliphatic heterocycles. The van der Waals surface area contributed by atoms with Gasteiger partial charge in [0.15, 0.2) is 0 Å². The summed E-state index contributed by atoms with van der Waals surface area (Å²) in [5.74, 6) is 1.05. The monoisotopic (exact) mass is 255 g/mol. The third-order valence-electron chi connectivity index (χ3n) is 2.78. The topological polar surface area (TPSA) is 37.0 Å². The quantitative estimate of drug-likeness (QED) is 0.866. The smallest absolute Gasteiger partial charge is 0.147 e. The minimum Gasteiger partial charge on any atom is -0.365 e. The molecule has 1 atom stereocenters. The van der Waals surface area contributed by atoms with Crippen LogP contribution in [0.1, 0.15) is 6.42 Å². The van der Waals surface area contributed by atoms with Crippen molar-refractivity contribution in [2.24, 2.45) is 0 Å². The van der Waals surface area contributed by atoms with Crippen LogP contribution in [0.4, 0.5) is 5.82 Å². The lowest BCUT2D eigenvalue weighted by atomic mass is 10.2. The molecular formula is C11H14ClN3S. The molecule has 5 heteroatoms. The number of fused-ring (bicyclic) bond motifs is 1. The molecule has 0 aliphatic carbocycles. The molecule has 0 bridgehead atoms. The van der Waals surface area contributed by atoms with Crippen molar-refractivity contribution in [2.45, 2.75) is 12.5 Å². The third-order valence-corrected chi connectivity index (χ3v) is 3.61. The van der Waals surface area contributed by atoms with Crippen LogP contribution in [0.15, 0.2) is 24.3 Å². The highest BCUT2D eigenvalue weighted by Gasteiger charge is 2.16. The molecule has 3 nitrogen and oxygen atoms in total. The average molecular weight is 256 g/mol. The number of hydrogen-bond acceptors (Lipinski definition) is 4. The van der Waals surface area contributed by atoms with E-state index in [4.69, 9.17) is 0 Å². The van der Waals surface area contributed by atoms with Crippen molar-refractivity contribution < 1.29 is 0 Å². The van der Waals surface area contributed by atoms with E-state index in [2.05, 4.69) is 39.3 Å². The van der Waals surface area contributed by atoms with E-state index >= 15 is 0 Å². The van der Waals surface area contributed by atoms with Crippen LogP contribution in [0.3, 0.4) is 0 Å². The van der Waals surface area contributed by atoms with E-state index < -0.39 is 0 Å². The molecule has 0 saturated carbocycles. The summed E-state index contributed by atoms with van der Waals surface area (Å²) in [7, 11) is 0. The molecule has 0 amide bonds. The number of nitrogens with one attached hydrogen (secondary N) is 2. The van der Waals surface area contributed by atoms with E-state index in [-0.39, 0.29) is 12.4 Å². The molecule has 1 saturated heterocycles. The molecule has 0 spiro atoms. The largest absolute Gasteiger partial charge is 0.365 e. The summed E-state index contributed by atoms with van der Waals surface area (Å²) in [6, 6.07) is 8.90. The van der Waals surface area contributed by atoms with Crippen molar-refractivity contribution >= 4 is 39.8 Å². The second-order valence-electron chi connectivity index (χ2n) is 3.86. The predicted molar refractivity (Wildman–Crippen MR) is 71.8 cm³/mol. The molecule has 2 aromatic rings. The van der Waals surface area contributed by atoms with Crippen LogP contribution in [-0.4, -0.2) is 23.5 Å². The Hall–Kier alpha value is -0.840. The van der Waals surface area contributed by atoms with Gasteiger partial charge >= 0.3 is 0 Å². The summed E-state index contributed by atoms with van der Waals surface area (Å²) in [4.78, 5) is 0. The average Bonchev–Trinajstić information content (AvgIpc) is 2.89. The molecule has 1 aliphatic rings. The fourth-order valence-corrected chi connectivity index (χ4v) is 2.70. The first-order valence-electron chi connectivity index (χ1n) is 5.25. The van der Waals surface area contributed by atoms with Crippen LogP contribution in [0.25, 0.3) is 10.1 Å². The van der Waals surface area contributed by atoms with Gasteiger partial charge in [-0.15, -0.1) is 12.4 Å². The van der Waals surface area contributed by atoms with Crippen LogP contribution < -0.4 is 10.6 Å². The summed E-state index contributed by atoms with van der Waals surface area (Å²) in [6.45, 7) is 2.16. The van der Waals surface area contributed by atoms with Crippen molar-refractivity contribution in [3.63, 3.8) is 0 Å². The zero-order valence-electron chi connectivity index (χ0n) is 8.77. The summed E-state index contributed by atoms with van der Waals surface area (Å²) in [5.41, 5.74) is 0. The summed E-state index contributed by atoms with van der Waals surface area (Å²) >= 11 is 1.56. The molecule has 16 heavy (non-hydrogen) atoms. The van der Waals surface area contributed by atoms with Gasteiger partial charge < -0.3 is 10.6 Å². The predicted octanol–water partition coefficient (Wildman–Crippen LogP) is 2.49. The van der Waals surface area contributed by atoms with E-state index in [1.54, 1.807) is 11.5 Å². The lowest BCUT2D eigenvalue weighted by Crippen LogP contribution is -2.22. The lowest BCUT2D eigenvalue weighted by Gasteiger charge is -2.09. The number of anilines is 1. The molecule has 0 radical (unpaired) electrons. The number of halogens is 1. The van der Waals surface area contributed by atoms with Gasteiger partial charge in [0.1, 0.15) is 5.82 Å². The third kappa shape index (κ3) is 2.14. The van der Waals surface area contributed by atoms with Crippen LogP contribution in [-0.2, 0) is 0 Å². The second-order valence-corrected chi connectivity index (χ2v) is 4.67. The highest BCUT2D eigenvalue weighted by atomic mass is 35.5. The van der Waals surface area contributed by atoms with Gasteiger partial charge in [-0.1, -0.05) is 12.1 Å². The molecule has 2 N–H and O–H groups in total. The first-order chi connectivity index (χ1) is 7.43. The van der Waals surface area contributed by atoms with E-state index in [1.165, 1.54) is 16.5 Å². The van der Waals surface area contributed by atoms with Crippen molar-refractivity contribution in [1.82, 2.24) is 9.69 Å². The Morgan fingerprint density at radius 1 is 1.38 bits per heavy atom. The van der Waals surface area contributed by atoms with Gasteiger partial charge in [-0.2, -0.15) is 4.37 Å². The van der Waals surface area contributed by atoms with Crippen molar-refractivity contribution in [1.29, 1.82) is 0 Å². The number of aromatic nitrogens is 1. The minimum atomic E-state index is 0. The van der Waals surface area contributed by atoms with Gasteiger partial charge in [0.05, 0.1) is 4.70 Å². The van der Waals surface area contributed by atoms with E-state index in [9.17, 15) is 0 Å². The van der Waals surface area contributed by atoms with Gasteiger partial charge in [-0.25, -0.2) is 0 Å². The first-order valence-corrected chi connectivity index (χ1v) is 6.02. The first kappa shape index (κ1) is 11.6. The zero-order valence-corrected chi connectivity index (χ0v) is 10.4. The fraction of sp³-hybridized carbons (Fsp3) is 0.364. The van der Waals surface area contributed by atoms with Gasteiger partial charge in [0.25, 0.3) is 0 Å². The highest BCUT2D eigenvalue weighted by molar-refractivity contribution is 7.13. The molecule has 86 valence electrons. The maximum Gasteiger partial charge on any atom is 0.147 e. The number of hydrogen-bond donors (Lipinski definition) is 2. The van der Waals surface area contributed by atoms with E-state index in [1.807, 2.05) is 0 Å². The Morgan fingerprint density at radius 3 is 3.06 bits per heavy atom. The number of rotatable bonds is 2. The Bertz CT molecular complexity index is 465. The van der Waals surface area contributed by atoms with Gasteiger partial charge in [-0.3, -0.25) is 0 Å². The lowest BCUT2D eigenvalue weighted by molar-refractivity contribution is 0.791.